The topological polar surface area (TPSA) is 115 Å². The summed E-state index contributed by atoms with van der Waals surface area (Å²) in [6.07, 6.45) is 3.39. The van der Waals surface area contributed by atoms with Crippen LogP contribution in [0, 0.1) is 5.92 Å². The standard InChI is InChI=1S/2C10H12O2.C6H14O2/c2*1-2-3-8-4-6-9(7-5-8)10(11)12;1-4(5(2)7)6(3)8/h2*4-7H,2-3H2,1H3,(H,11,12);4-8H,1-3H3. The predicted molar refractivity (Wildman–Crippen MR) is 127 cm³/mol. The normalized spacial score (nSPS) is 12.8. The van der Waals surface area contributed by atoms with E-state index >= 15 is 0 Å². The van der Waals surface area contributed by atoms with Crippen LogP contribution < -0.4 is 0 Å². The van der Waals surface area contributed by atoms with Gasteiger partial charge in [-0.25, -0.2) is 9.59 Å². The third kappa shape index (κ3) is 12.2. The molecule has 0 aliphatic heterocycles. The summed E-state index contributed by atoms with van der Waals surface area (Å²) in [6, 6.07) is 14.1. The Morgan fingerprint density at radius 2 is 0.938 bits per heavy atom. The van der Waals surface area contributed by atoms with Crippen LogP contribution >= 0.6 is 0 Å². The van der Waals surface area contributed by atoms with Crippen molar-refractivity contribution in [1.29, 1.82) is 0 Å². The first-order valence-corrected chi connectivity index (χ1v) is 11.0. The summed E-state index contributed by atoms with van der Waals surface area (Å²) in [6.45, 7) is 9.38. The van der Waals surface area contributed by atoms with Gasteiger partial charge in [0, 0.05) is 5.92 Å². The molecule has 0 amide bonds. The molecule has 0 spiro atoms. The maximum atomic E-state index is 10.5. The van der Waals surface area contributed by atoms with Crippen LogP contribution in [-0.2, 0) is 12.8 Å². The average Bonchev–Trinajstić information content (AvgIpc) is 2.75. The summed E-state index contributed by atoms with van der Waals surface area (Å²) in [4.78, 5) is 20.9. The molecule has 6 nitrogen and oxygen atoms in total. The van der Waals surface area contributed by atoms with Crippen LogP contribution in [0.1, 0.15) is 79.3 Å². The van der Waals surface area contributed by atoms with E-state index < -0.39 is 24.1 Å². The Balaban J connectivity index is 0.000000462. The zero-order chi connectivity index (χ0) is 24.7. The fraction of sp³-hybridized carbons (Fsp3) is 0.462. The number of rotatable bonds is 8. The van der Waals surface area contributed by atoms with Gasteiger partial charge in [0.15, 0.2) is 0 Å². The predicted octanol–water partition coefficient (Wildman–Crippen LogP) is 5.06. The second-order valence-corrected chi connectivity index (χ2v) is 7.84. The molecule has 4 N–H and O–H groups in total. The third-order valence-electron chi connectivity index (χ3n) is 5.00. The molecule has 0 fully saturated rings. The van der Waals surface area contributed by atoms with E-state index in [-0.39, 0.29) is 5.92 Å². The van der Waals surface area contributed by atoms with Gasteiger partial charge in [-0.3, -0.25) is 0 Å². The van der Waals surface area contributed by atoms with Crippen LogP contribution in [0.5, 0.6) is 0 Å². The summed E-state index contributed by atoms with van der Waals surface area (Å²) < 4.78 is 0. The van der Waals surface area contributed by atoms with E-state index in [9.17, 15) is 9.59 Å². The highest BCUT2D eigenvalue weighted by atomic mass is 16.4. The number of aliphatic hydroxyl groups excluding tert-OH is 2. The molecule has 0 aliphatic rings. The second-order valence-electron chi connectivity index (χ2n) is 7.84. The summed E-state index contributed by atoms with van der Waals surface area (Å²) in [5, 5.41) is 34.9. The van der Waals surface area contributed by atoms with Crippen molar-refractivity contribution < 1.29 is 30.0 Å². The van der Waals surface area contributed by atoms with E-state index in [1.807, 2.05) is 31.2 Å². The number of carboxylic acids is 2. The Labute approximate surface area is 191 Å². The third-order valence-corrected chi connectivity index (χ3v) is 5.00. The quantitative estimate of drug-likeness (QED) is 0.451. The van der Waals surface area contributed by atoms with Crippen molar-refractivity contribution in [2.75, 3.05) is 0 Å². The van der Waals surface area contributed by atoms with Crippen molar-refractivity contribution in [2.24, 2.45) is 5.92 Å². The van der Waals surface area contributed by atoms with Crippen molar-refractivity contribution >= 4 is 11.9 Å². The van der Waals surface area contributed by atoms with Crippen LogP contribution in [-0.4, -0.2) is 44.6 Å². The summed E-state index contributed by atoms with van der Waals surface area (Å²) in [5.41, 5.74) is 3.11. The SMILES string of the molecule is CC(O)C(C)C(C)O.CCCc1ccc(C(=O)O)cc1.CCCc1ccc(C(=O)O)cc1. The van der Waals surface area contributed by atoms with E-state index in [1.54, 1.807) is 38.1 Å². The summed E-state index contributed by atoms with van der Waals surface area (Å²) in [5.74, 6) is -1.74. The maximum absolute atomic E-state index is 10.5. The van der Waals surface area contributed by atoms with E-state index in [0.29, 0.717) is 11.1 Å². The highest BCUT2D eigenvalue weighted by Gasteiger charge is 2.13. The van der Waals surface area contributed by atoms with Crippen molar-refractivity contribution in [3.8, 4) is 0 Å². The molecule has 0 radical (unpaired) electrons. The van der Waals surface area contributed by atoms with Crippen LogP contribution in [0.15, 0.2) is 48.5 Å². The fourth-order valence-corrected chi connectivity index (χ4v) is 2.61. The minimum atomic E-state index is -0.863. The molecule has 0 bridgehead atoms. The lowest BCUT2D eigenvalue weighted by Gasteiger charge is -2.16. The number of aryl methyl sites for hydroxylation is 2. The highest BCUT2D eigenvalue weighted by Crippen LogP contribution is 2.07. The number of carbonyl (C=O) groups is 2. The molecule has 0 aromatic heterocycles. The first-order chi connectivity index (χ1) is 15.0. The summed E-state index contributed by atoms with van der Waals surface area (Å²) in [7, 11) is 0. The molecule has 2 unspecified atom stereocenters. The fourth-order valence-electron chi connectivity index (χ4n) is 2.61. The Morgan fingerprint density at radius 1 is 0.656 bits per heavy atom. The lowest BCUT2D eigenvalue weighted by molar-refractivity contribution is 0.0420. The first-order valence-electron chi connectivity index (χ1n) is 11.0. The Morgan fingerprint density at radius 3 is 1.09 bits per heavy atom. The minimum Gasteiger partial charge on any atom is -0.478 e. The second kappa shape index (κ2) is 16.0. The molecule has 32 heavy (non-hydrogen) atoms. The maximum Gasteiger partial charge on any atom is 0.335 e. The molecule has 178 valence electrons. The Bertz CT molecular complexity index is 711. The van der Waals surface area contributed by atoms with Crippen molar-refractivity contribution in [1.82, 2.24) is 0 Å². The molecule has 2 atom stereocenters. The average molecular weight is 447 g/mol. The molecular weight excluding hydrogens is 408 g/mol. The van der Waals surface area contributed by atoms with Crippen LogP contribution in [0.25, 0.3) is 0 Å². The van der Waals surface area contributed by atoms with E-state index in [1.165, 1.54) is 11.1 Å². The molecule has 6 heteroatoms. The number of aromatic carboxylic acids is 2. The van der Waals surface area contributed by atoms with Crippen molar-refractivity contribution in [3.05, 3.63) is 70.8 Å². The lowest BCUT2D eigenvalue weighted by Crippen LogP contribution is -2.24. The van der Waals surface area contributed by atoms with Crippen LogP contribution in [0.4, 0.5) is 0 Å². The van der Waals surface area contributed by atoms with E-state index in [2.05, 4.69) is 13.8 Å². The van der Waals surface area contributed by atoms with Gasteiger partial charge in [0.25, 0.3) is 0 Å². The zero-order valence-electron chi connectivity index (χ0n) is 19.8. The monoisotopic (exact) mass is 446 g/mol. The Kier molecular flexibility index (Phi) is 14.7. The van der Waals surface area contributed by atoms with E-state index in [4.69, 9.17) is 20.4 Å². The van der Waals surface area contributed by atoms with E-state index in [0.717, 1.165) is 25.7 Å². The molecule has 0 saturated carbocycles. The molecule has 2 rings (SSSR count). The van der Waals surface area contributed by atoms with Crippen molar-refractivity contribution in [3.63, 3.8) is 0 Å². The zero-order valence-corrected chi connectivity index (χ0v) is 19.8. The molecule has 0 aliphatic carbocycles. The van der Waals surface area contributed by atoms with Gasteiger partial charge in [0.2, 0.25) is 0 Å². The summed E-state index contributed by atoms with van der Waals surface area (Å²) >= 11 is 0. The number of hydrogen-bond donors (Lipinski definition) is 4. The number of aliphatic hydroxyl groups is 2. The Hall–Kier alpha value is -2.70. The van der Waals surface area contributed by atoms with Gasteiger partial charge in [0.1, 0.15) is 0 Å². The van der Waals surface area contributed by atoms with Crippen molar-refractivity contribution in [2.45, 2.75) is 72.5 Å². The van der Waals surface area contributed by atoms with Gasteiger partial charge >= 0.3 is 11.9 Å². The van der Waals surface area contributed by atoms with Crippen LogP contribution in [0.2, 0.25) is 0 Å². The van der Waals surface area contributed by atoms with Gasteiger partial charge in [0.05, 0.1) is 23.3 Å². The molecular formula is C26H38O6. The highest BCUT2D eigenvalue weighted by molar-refractivity contribution is 5.87. The minimum absolute atomic E-state index is 0.0185. The number of benzene rings is 2. The molecule has 2 aromatic rings. The van der Waals surface area contributed by atoms with Gasteiger partial charge in [-0.1, -0.05) is 57.9 Å². The molecule has 0 saturated heterocycles. The number of hydrogen-bond acceptors (Lipinski definition) is 4. The van der Waals surface area contributed by atoms with Gasteiger partial charge in [-0.05, 0) is 62.1 Å². The van der Waals surface area contributed by atoms with Gasteiger partial charge < -0.3 is 20.4 Å². The number of carboxylic acid groups (broad SMARTS) is 2. The largest absolute Gasteiger partial charge is 0.478 e. The molecule has 2 aromatic carbocycles. The smallest absolute Gasteiger partial charge is 0.335 e. The lowest BCUT2D eigenvalue weighted by atomic mass is 10.0. The molecule has 0 heterocycles. The first kappa shape index (κ1) is 29.3. The van der Waals surface area contributed by atoms with Gasteiger partial charge in [-0.15, -0.1) is 0 Å². The van der Waals surface area contributed by atoms with Gasteiger partial charge in [-0.2, -0.15) is 0 Å². The van der Waals surface area contributed by atoms with Crippen LogP contribution in [0.3, 0.4) is 0 Å².